The van der Waals surface area contributed by atoms with Crippen molar-refractivity contribution in [3.63, 3.8) is 0 Å². The van der Waals surface area contributed by atoms with Gasteiger partial charge in [0.15, 0.2) is 0 Å². The Bertz CT molecular complexity index is 884. The summed E-state index contributed by atoms with van der Waals surface area (Å²) in [5, 5.41) is 21.1. The molecule has 0 radical (unpaired) electrons. The number of phenolic OH excluding ortho intramolecular Hbond substituents is 1. The first-order valence-electron chi connectivity index (χ1n) is 10.3. The molecule has 140 valence electrons. The third kappa shape index (κ3) is 2.65. The van der Waals surface area contributed by atoms with Crippen molar-refractivity contribution in [2.45, 2.75) is 51.0 Å². The fraction of sp³-hybridized carbons (Fsp3) is 0.440. The van der Waals surface area contributed by atoms with Crippen molar-refractivity contribution in [1.82, 2.24) is 0 Å². The highest BCUT2D eigenvalue weighted by atomic mass is 16.3. The number of fused-ring (bicyclic) bond motifs is 5. The zero-order chi connectivity index (χ0) is 18.6. The number of aryl methyl sites for hydroxylation is 1. The van der Waals surface area contributed by atoms with Crippen LogP contribution in [-0.2, 0) is 6.42 Å². The molecule has 0 saturated heterocycles. The van der Waals surface area contributed by atoms with Crippen molar-refractivity contribution < 1.29 is 10.2 Å². The highest BCUT2D eigenvalue weighted by Crippen LogP contribution is 2.62. The van der Waals surface area contributed by atoms with Gasteiger partial charge in [-0.2, -0.15) is 0 Å². The summed E-state index contributed by atoms with van der Waals surface area (Å²) in [6.07, 6.45) is 7.35. The molecule has 2 nitrogen and oxygen atoms in total. The van der Waals surface area contributed by atoms with Crippen molar-refractivity contribution in [2.24, 2.45) is 17.3 Å². The van der Waals surface area contributed by atoms with E-state index in [-0.39, 0.29) is 11.5 Å². The topological polar surface area (TPSA) is 40.5 Å². The van der Waals surface area contributed by atoms with Gasteiger partial charge in [0.1, 0.15) is 5.75 Å². The maximum Gasteiger partial charge on any atom is 0.115 e. The molecule has 0 heterocycles. The van der Waals surface area contributed by atoms with E-state index in [4.69, 9.17) is 0 Å². The second kappa shape index (κ2) is 6.24. The smallest absolute Gasteiger partial charge is 0.115 e. The number of rotatable bonds is 1. The minimum atomic E-state index is -0.329. The Morgan fingerprint density at radius 3 is 2.70 bits per heavy atom. The molecular weight excluding hydrogens is 332 g/mol. The molecule has 5 unspecified atom stereocenters. The zero-order valence-corrected chi connectivity index (χ0v) is 15.9. The Kier molecular flexibility index (Phi) is 3.94. The molecule has 0 aliphatic heterocycles. The van der Waals surface area contributed by atoms with Crippen molar-refractivity contribution in [3.8, 4) is 5.75 Å². The van der Waals surface area contributed by atoms with Crippen LogP contribution < -0.4 is 0 Å². The van der Waals surface area contributed by atoms with E-state index in [9.17, 15) is 10.2 Å². The Labute approximate surface area is 161 Å². The van der Waals surface area contributed by atoms with Gasteiger partial charge in [-0.15, -0.1) is 0 Å². The van der Waals surface area contributed by atoms with Crippen LogP contribution in [0.4, 0.5) is 0 Å². The van der Waals surface area contributed by atoms with Crippen LogP contribution in [0, 0.1) is 17.3 Å². The average molecular weight is 360 g/mol. The highest BCUT2D eigenvalue weighted by Gasteiger charge is 2.56. The summed E-state index contributed by atoms with van der Waals surface area (Å²) < 4.78 is 0. The van der Waals surface area contributed by atoms with E-state index in [1.807, 2.05) is 18.2 Å². The lowest BCUT2D eigenvalue weighted by Gasteiger charge is -2.49. The maximum atomic E-state index is 11.2. The van der Waals surface area contributed by atoms with E-state index in [1.54, 1.807) is 0 Å². The molecule has 3 aliphatic carbocycles. The summed E-state index contributed by atoms with van der Waals surface area (Å²) in [6, 6.07) is 16.4. The molecular formula is C25H28O2. The number of aromatic hydroxyl groups is 1. The van der Waals surface area contributed by atoms with Crippen LogP contribution in [0.3, 0.4) is 0 Å². The van der Waals surface area contributed by atoms with Crippen LogP contribution in [0.25, 0.3) is 6.08 Å². The van der Waals surface area contributed by atoms with Crippen molar-refractivity contribution in [3.05, 3.63) is 70.8 Å². The van der Waals surface area contributed by atoms with E-state index in [0.717, 1.165) is 25.7 Å². The Hall–Kier alpha value is -2.06. The minimum Gasteiger partial charge on any atom is -0.508 e. The molecule has 2 saturated carbocycles. The van der Waals surface area contributed by atoms with Gasteiger partial charge in [0.05, 0.1) is 6.10 Å². The first kappa shape index (κ1) is 17.1. The SMILES string of the molecule is CC12CCC3c4ccc(O)cc4CCC3C1C/C(=C/c1ccccc1)C2O. The van der Waals surface area contributed by atoms with Gasteiger partial charge in [-0.25, -0.2) is 0 Å². The van der Waals surface area contributed by atoms with Crippen molar-refractivity contribution >= 4 is 6.08 Å². The second-order valence-electron chi connectivity index (χ2n) is 9.08. The number of hydrogen-bond donors (Lipinski definition) is 2. The Balaban J connectivity index is 1.49. The van der Waals surface area contributed by atoms with Crippen LogP contribution in [0.2, 0.25) is 0 Å². The predicted octanol–water partition coefficient (Wildman–Crippen LogP) is 5.30. The first-order chi connectivity index (χ1) is 13.1. The zero-order valence-electron chi connectivity index (χ0n) is 15.9. The molecule has 2 aromatic rings. The lowest BCUT2D eigenvalue weighted by molar-refractivity contribution is -0.0158. The van der Waals surface area contributed by atoms with Crippen LogP contribution >= 0.6 is 0 Å². The van der Waals surface area contributed by atoms with Crippen molar-refractivity contribution in [1.29, 1.82) is 0 Å². The lowest BCUT2D eigenvalue weighted by Crippen LogP contribution is -2.44. The number of aliphatic hydroxyl groups excluding tert-OH is 1. The maximum absolute atomic E-state index is 11.2. The summed E-state index contributed by atoms with van der Waals surface area (Å²) in [5.41, 5.74) is 5.18. The number of hydrogen-bond acceptors (Lipinski definition) is 2. The quantitative estimate of drug-likeness (QED) is 0.724. The van der Waals surface area contributed by atoms with E-state index in [0.29, 0.717) is 23.5 Å². The molecule has 2 heteroatoms. The van der Waals surface area contributed by atoms with E-state index >= 15 is 0 Å². The van der Waals surface area contributed by atoms with Crippen LogP contribution in [0.15, 0.2) is 54.1 Å². The molecule has 0 spiro atoms. The summed E-state index contributed by atoms with van der Waals surface area (Å²) in [4.78, 5) is 0. The largest absolute Gasteiger partial charge is 0.508 e. The molecule has 0 aromatic heterocycles. The molecule has 2 aromatic carbocycles. The van der Waals surface area contributed by atoms with Gasteiger partial charge in [0, 0.05) is 5.41 Å². The molecule has 2 fully saturated rings. The average Bonchev–Trinajstić information content (AvgIpc) is 2.93. The fourth-order valence-electron chi connectivity index (χ4n) is 6.33. The van der Waals surface area contributed by atoms with Gasteiger partial charge in [-0.3, -0.25) is 0 Å². The molecule has 5 atom stereocenters. The Morgan fingerprint density at radius 1 is 1.07 bits per heavy atom. The molecule has 0 amide bonds. The molecule has 5 rings (SSSR count). The van der Waals surface area contributed by atoms with E-state index in [1.165, 1.54) is 28.7 Å². The Morgan fingerprint density at radius 2 is 1.89 bits per heavy atom. The van der Waals surface area contributed by atoms with Crippen LogP contribution in [-0.4, -0.2) is 16.3 Å². The lowest BCUT2D eigenvalue weighted by atomic mass is 9.55. The highest BCUT2D eigenvalue weighted by molar-refractivity contribution is 5.55. The van der Waals surface area contributed by atoms with Gasteiger partial charge >= 0.3 is 0 Å². The number of phenols is 1. The summed E-state index contributed by atoms with van der Waals surface area (Å²) in [6.45, 7) is 2.32. The second-order valence-corrected chi connectivity index (χ2v) is 9.08. The molecule has 3 aliphatic rings. The third-order valence-electron chi connectivity index (χ3n) is 7.73. The number of aliphatic hydroxyl groups is 1. The van der Waals surface area contributed by atoms with Gasteiger partial charge in [-0.1, -0.05) is 49.4 Å². The summed E-state index contributed by atoms with van der Waals surface area (Å²) in [7, 11) is 0. The molecule has 27 heavy (non-hydrogen) atoms. The van der Waals surface area contributed by atoms with Crippen molar-refractivity contribution in [2.75, 3.05) is 0 Å². The minimum absolute atomic E-state index is 0.00377. The first-order valence-corrected chi connectivity index (χ1v) is 10.3. The monoisotopic (exact) mass is 360 g/mol. The third-order valence-corrected chi connectivity index (χ3v) is 7.73. The summed E-state index contributed by atoms with van der Waals surface area (Å²) in [5.74, 6) is 2.15. The van der Waals surface area contributed by atoms with E-state index < -0.39 is 0 Å². The molecule has 0 bridgehead atoms. The van der Waals surface area contributed by atoms with Gasteiger partial charge in [-0.05, 0) is 84.3 Å². The summed E-state index contributed by atoms with van der Waals surface area (Å²) >= 11 is 0. The van der Waals surface area contributed by atoms with Crippen LogP contribution in [0.5, 0.6) is 5.75 Å². The fourth-order valence-corrected chi connectivity index (χ4v) is 6.33. The van der Waals surface area contributed by atoms with Gasteiger partial charge in [0.2, 0.25) is 0 Å². The van der Waals surface area contributed by atoms with Crippen LogP contribution in [0.1, 0.15) is 55.2 Å². The standard InChI is InChI=1S/C25H28O2/c1-25-12-11-21-20-10-8-19(26)14-17(20)7-9-22(21)23(25)15-18(24(25)27)13-16-5-3-2-4-6-16/h2-6,8,10,13-14,21-24,26-27H,7,9,11-12,15H2,1H3/b18-13-. The van der Waals surface area contributed by atoms with Gasteiger partial charge in [0.25, 0.3) is 0 Å². The predicted molar refractivity (Wildman–Crippen MR) is 109 cm³/mol. The van der Waals surface area contributed by atoms with Gasteiger partial charge < -0.3 is 10.2 Å². The molecule has 2 N–H and O–H groups in total. The van der Waals surface area contributed by atoms with E-state index in [2.05, 4.69) is 43.3 Å². The normalized spacial score (nSPS) is 36.1. The number of benzene rings is 2.